The van der Waals surface area contributed by atoms with Gasteiger partial charge in [0.15, 0.2) is 0 Å². The predicted octanol–water partition coefficient (Wildman–Crippen LogP) is 1.91. The molecule has 1 N–H and O–H groups in total. The quantitative estimate of drug-likeness (QED) is 0.831. The fourth-order valence-corrected chi connectivity index (χ4v) is 2.09. The number of nitrogens with one attached hydrogen (secondary N) is 1. The van der Waals surface area contributed by atoms with Crippen molar-refractivity contribution >= 4 is 5.97 Å². The van der Waals surface area contributed by atoms with Gasteiger partial charge >= 0.3 is 5.97 Å². The standard InChI is InChI=1S/C14H19NO3/c1-3-12-8-15-9-13(18-12)10-4-6-11(7-5-10)14(16)17-2/h4-7,12-13,15H,3,8-9H2,1-2H3/t12-,13-/m0/s1. The second-order valence-corrected chi connectivity index (χ2v) is 4.43. The van der Waals surface area contributed by atoms with Crippen molar-refractivity contribution in [2.24, 2.45) is 0 Å². The minimum Gasteiger partial charge on any atom is -0.465 e. The number of methoxy groups -OCH3 is 1. The Morgan fingerprint density at radius 3 is 2.72 bits per heavy atom. The average Bonchev–Trinajstić information content (AvgIpc) is 2.46. The fraction of sp³-hybridized carbons (Fsp3) is 0.500. The Kier molecular flexibility index (Phi) is 4.33. The molecule has 0 aliphatic carbocycles. The van der Waals surface area contributed by atoms with Crippen LogP contribution in [0.1, 0.15) is 35.4 Å². The molecular weight excluding hydrogens is 230 g/mol. The van der Waals surface area contributed by atoms with Crippen LogP contribution in [0, 0.1) is 0 Å². The topological polar surface area (TPSA) is 47.6 Å². The molecule has 2 rings (SSSR count). The highest BCUT2D eigenvalue weighted by Gasteiger charge is 2.22. The smallest absolute Gasteiger partial charge is 0.337 e. The van der Waals surface area contributed by atoms with E-state index < -0.39 is 0 Å². The maximum absolute atomic E-state index is 11.3. The third kappa shape index (κ3) is 2.89. The Balaban J connectivity index is 2.07. The fourth-order valence-electron chi connectivity index (χ4n) is 2.09. The Labute approximate surface area is 107 Å². The van der Waals surface area contributed by atoms with Gasteiger partial charge in [-0.1, -0.05) is 19.1 Å². The van der Waals surface area contributed by atoms with Crippen LogP contribution in [0.4, 0.5) is 0 Å². The lowest BCUT2D eigenvalue weighted by Crippen LogP contribution is -2.40. The van der Waals surface area contributed by atoms with Crippen molar-refractivity contribution in [2.45, 2.75) is 25.6 Å². The number of ether oxygens (including phenoxy) is 2. The summed E-state index contributed by atoms with van der Waals surface area (Å²) in [5.41, 5.74) is 1.66. The summed E-state index contributed by atoms with van der Waals surface area (Å²) in [5.74, 6) is -0.310. The summed E-state index contributed by atoms with van der Waals surface area (Å²) in [7, 11) is 1.39. The summed E-state index contributed by atoms with van der Waals surface area (Å²) in [5, 5.41) is 3.37. The molecule has 0 amide bonds. The molecule has 4 nitrogen and oxygen atoms in total. The van der Waals surface area contributed by atoms with Gasteiger partial charge < -0.3 is 14.8 Å². The van der Waals surface area contributed by atoms with Gasteiger partial charge in [0.05, 0.1) is 24.9 Å². The number of carbonyl (C=O) groups excluding carboxylic acids is 1. The van der Waals surface area contributed by atoms with Gasteiger partial charge in [-0.05, 0) is 24.1 Å². The molecule has 0 unspecified atom stereocenters. The first-order valence-electron chi connectivity index (χ1n) is 6.29. The number of esters is 1. The predicted molar refractivity (Wildman–Crippen MR) is 68.6 cm³/mol. The highest BCUT2D eigenvalue weighted by Crippen LogP contribution is 2.22. The zero-order valence-corrected chi connectivity index (χ0v) is 10.8. The summed E-state index contributed by atoms with van der Waals surface area (Å²) in [6.07, 6.45) is 1.34. The largest absolute Gasteiger partial charge is 0.465 e. The van der Waals surface area contributed by atoms with Crippen molar-refractivity contribution < 1.29 is 14.3 Å². The first kappa shape index (κ1) is 13.1. The van der Waals surface area contributed by atoms with Crippen LogP contribution in [0.5, 0.6) is 0 Å². The van der Waals surface area contributed by atoms with Crippen molar-refractivity contribution in [1.29, 1.82) is 0 Å². The Bertz CT molecular complexity index is 402. The molecule has 0 spiro atoms. The Hall–Kier alpha value is -1.39. The third-order valence-corrected chi connectivity index (χ3v) is 3.22. The number of hydrogen-bond acceptors (Lipinski definition) is 4. The molecule has 0 radical (unpaired) electrons. The van der Waals surface area contributed by atoms with Gasteiger partial charge in [0, 0.05) is 13.1 Å². The number of benzene rings is 1. The van der Waals surface area contributed by atoms with Gasteiger partial charge in [0.2, 0.25) is 0 Å². The van der Waals surface area contributed by atoms with Gasteiger partial charge in [0.1, 0.15) is 0 Å². The van der Waals surface area contributed by atoms with Crippen LogP contribution < -0.4 is 5.32 Å². The van der Waals surface area contributed by atoms with Gasteiger partial charge in [-0.2, -0.15) is 0 Å². The molecule has 0 saturated carbocycles. The van der Waals surface area contributed by atoms with Crippen molar-refractivity contribution in [3.8, 4) is 0 Å². The summed E-state index contributed by atoms with van der Waals surface area (Å²) in [4.78, 5) is 11.3. The SMILES string of the molecule is CC[C@H]1CNC[C@@H](c2ccc(C(=O)OC)cc2)O1. The molecule has 0 aromatic heterocycles. The second-order valence-electron chi connectivity index (χ2n) is 4.43. The molecule has 1 aromatic rings. The summed E-state index contributed by atoms with van der Waals surface area (Å²) >= 11 is 0. The van der Waals surface area contributed by atoms with Crippen molar-refractivity contribution in [3.63, 3.8) is 0 Å². The van der Waals surface area contributed by atoms with E-state index >= 15 is 0 Å². The minimum atomic E-state index is -0.310. The van der Waals surface area contributed by atoms with Crippen LogP contribution in [0.3, 0.4) is 0 Å². The molecule has 1 fully saturated rings. The second kappa shape index (κ2) is 5.98. The Morgan fingerprint density at radius 1 is 1.39 bits per heavy atom. The average molecular weight is 249 g/mol. The minimum absolute atomic E-state index is 0.0652. The third-order valence-electron chi connectivity index (χ3n) is 3.22. The highest BCUT2D eigenvalue weighted by molar-refractivity contribution is 5.89. The van der Waals surface area contributed by atoms with Crippen LogP contribution >= 0.6 is 0 Å². The van der Waals surface area contributed by atoms with Gasteiger partial charge in [-0.15, -0.1) is 0 Å². The van der Waals surface area contributed by atoms with E-state index in [1.165, 1.54) is 7.11 Å². The number of carbonyl (C=O) groups is 1. The number of morpholine rings is 1. The van der Waals surface area contributed by atoms with E-state index in [2.05, 4.69) is 17.0 Å². The summed E-state index contributed by atoms with van der Waals surface area (Å²) in [6.45, 7) is 3.84. The molecule has 2 atom stereocenters. The molecule has 0 bridgehead atoms. The van der Waals surface area contributed by atoms with Crippen LogP contribution in [0.15, 0.2) is 24.3 Å². The van der Waals surface area contributed by atoms with Crippen molar-refractivity contribution in [1.82, 2.24) is 5.32 Å². The van der Waals surface area contributed by atoms with Crippen molar-refractivity contribution in [3.05, 3.63) is 35.4 Å². The highest BCUT2D eigenvalue weighted by atomic mass is 16.5. The maximum atomic E-state index is 11.3. The zero-order valence-electron chi connectivity index (χ0n) is 10.8. The molecule has 18 heavy (non-hydrogen) atoms. The normalized spacial score (nSPS) is 23.7. The zero-order chi connectivity index (χ0) is 13.0. The van der Waals surface area contributed by atoms with Gasteiger partial charge in [0.25, 0.3) is 0 Å². The lowest BCUT2D eigenvalue weighted by atomic mass is 10.0. The summed E-state index contributed by atoms with van der Waals surface area (Å²) in [6, 6.07) is 7.41. The number of hydrogen-bond donors (Lipinski definition) is 1. The van der Waals surface area contributed by atoms with E-state index in [0.29, 0.717) is 5.56 Å². The lowest BCUT2D eigenvalue weighted by Gasteiger charge is -2.30. The van der Waals surface area contributed by atoms with Crippen LogP contribution in [0.2, 0.25) is 0 Å². The summed E-state index contributed by atoms with van der Waals surface area (Å²) < 4.78 is 10.6. The lowest BCUT2D eigenvalue weighted by molar-refractivity contribution is -0.0399. The van der Waals surface area contributed by atoms with E-state index in [4.69, 9.17) is 4.74 Å². The molecular formula is C14H19NO3. The van der Waals surface area contributed by atoms with E-state index in [1.54, 1.807) is 12.1 Å². The molecule has 1 aliphatic heterocycles. The maximum Gasteiger partial charge on any atom is 0.337 e. The molecule has 1 aromatic carbocycles. The molecule has 1 saturated heterocycles. The molecule has 1 aliphatic rings. The van der Waals surface area contributed by atoms with Gasteiger partial charge in [-0.3, -0.25) is 0 Å². The molecule has 4 heteroatoms. The van der Waals surface area contributed by atoms with E-state index in [1.807, 2.05) is 12.1 Å². The van der Waals surface area contributed by atoms with Crippen LogP contribution in [-0.4, -0.2) is 32.3 Å². The van der Waals surface area contributed by atoms with Crippen molar-refractivity contribution in [2.75, 3.05) is 20.2 Å². The first-order chi connectivity index (χ1) is 8.74. The molecule has 1 heterocycles. The number of rotatable bonds is 3. The van der Waals surface area contributed by atoms with E-state index in [9.17, 15) is 4.79 Å². The first-order valence-corrected chi connectivity index (χ1v) is 6.29. The van der Waals surface area contributed by atoms with E-state index in [-0.39, 0.29) is 18.2 Å². The van der Waals surface area contributed by atoms with Crippen LogP contribution in [0.25, 0.3) is 0 Å². The van der Waals surface area contributed by atoms with Gasteiger partial charge in [-0.25, -0.2) is 4.79 Å². The van der Waals surface area contributed by atoms with Crippen LogP contribution in [-0.2, 0) is 9.47 Å². The molecule has 98 valence electrons. The Morgan fingerprint density at radius 2 is 2.11 bits per heavy atom. The monoisotopic (exact) mass is 249 g/mol. The van der Waals surface area contributed by atoms with E-state index in [0.717, 1.165) is 25.1 Å².